The Morgan fingerprint density at radius 2 is 1.81 bits per heavy atom. The molecule has 0 aliphatic heterocycles. The van der Waals surface area contributed by atoms with Crippen LogP contribution in [-0.2, 0) is 0 Å². The number of carbonyl (C=O) groups excluding carboxylic acids is 3. The third-order valence-corrected chi connectivity index (χ3v) is 3.88. The summed E-state index contributed by atoms with van der Waals surface area (Å²) in [6, 6.07) is 10.7. The topological polar surface area (TPSA) is 152 Å². The summed E-state index contributed by atoms with van der Waals surface area (Å²) in [4.78, 5) is 38.2. The number of urea groups is 1. The molecule has 0 atom stereocenters. The molecule has 9 nitrogen and oxygen atoms in total. The molecule has 3 rings (SSSR count). The Balaban J connectivity index is 1.94. The summed E-state index contributed by atoms with van der Waals surface area (Å²) in [6.45, 7) is 0. The normalized spacial score (nSPS) is 10.4. The Morgan fingerprint density at radius 1 is 1.04 bits per heavy atom. The summed E-state index contributed by atoms with van der Waals surface area (Å²) in [5, 5.41) is 5.54. The van der Waals surface area contributed by atoms with E-state index in [1.807, 2.05) is 0 Å². The van der Waals surface area contributed by atoms with Gasteiger partial charge in [0.05, 0.1) is 12.7 Å². The van der Waals surface area contributed by atoms with Crippen LogP contribution in [0.25, 0.3) is 10.9 Å². The van der Waals surface area contributed by atoms with Crippen molar-refractivity contribution in [1.29, 1.82) is 0 Å². The third-order valence-electron chi connectivity index (χ3n) is 3.88. The molecule has 0 radical (unpaired) electrons. The first-order valence-electron chi connectivity index (χ1n) is 7.86. The van der Waals surface area contributed by atoms with Crippen molar-refractivity contribution in [3.05, 3.63) is 53.6 Å². The van der Waals surface area contributed by atoms with Gasteiger partial charge < -0.3 is 26.5 Å². The predicted molar refractivity (Wildman–Crippen MR) is 101 cm³/mol. The van der Waals surface area contributed by atoms with Gasteiger partial charge in [-0.1, -0.05) is 12.1 Å². The molecule has 0 bridgehead atoms. The molecule has 0 aliphatic carbocycles. The van der Waals surface area contributed by atoms with Gasteiger partial charge in [-0.25, -0.2) is 4.79 Å². The van der Waals surface area contributed by atoms with Crippen LogP contribution < -0.4 is 26.8 Å². The molecule has 3 aromatic rings. The van der Waals surface area contributed by atoms with E-state index in [0.29, 0.717) is 27.9 Å². The SMILES string of the molecule is COc1cccc(NC(=O)c2ccc3c(C(N)=O)c(NC(N)=O)[nH]c3c2)c1. The van der Waals surface area contributed by atoms with Crippen LogP contribution >= 0.6 is 0 Å². The molecule has 7 N–H and O–H groups in total. The summed E-state index contributed by atoms with van der Waals surface area (Å²) >= 11 is 0. The molecule has 1 heterocycles. The zero-order valence-corrected chi connectivity index (χ0v) is 14.3. The van der Waals surface area contributed by atoms with Crippen LogP contribution in [0.5, 0.6) is 5.75 Å². The Bertz CT molecular complexity index is 1060. The van der Waals surface area contributed by atoms with Gasteiger partial charge >= 0.3 is 6.03 Å². The van der Waals surface area contributed by atoms with Crippen molar-refractivity contribution in [2.75, 3.05) is 17.7 Å². The molecule has 0 aliphatic rings. The minimum absolute atomic E-state index is 0.0790. The van der Waals surface area contributed by atoms with Gasteiger partial charge in [0.2, 0.25) is 0 Å². The number of ether oxygens (including phenoxy) is 1. The van der Waals surface area contributed by atoms with Crippen LogP contribution in [0.4, 0.5) is 16.3 Å². The summed E-state index contributed by atoms with van der Waals surface area (Å²) in [5.41, 5.74) is 11.9. The number of primary amides is 2. The van der Waals surface area contributed by atoms with Crippen molar-refractivity contribution in [3.63, 3.8) is 0 Å². The van der Waals surface area contributed by atoms with Gasteiger partial charge in [-0.15, -0.1) is 0 Å². The highest BCUT2D eigenvalue weighted by atomic mass is 16.5. The van der Waals surface area contributed by atoms with Gasteiger partial charge in [0.1, 0.15) is 11.6 Å². The predicted octanol–water partition coefficient (Wildman–Crippen LogP) is 2.02. The molecule has 0 saturated heterocycles. The Hall–Kier alpha value is -4.01. The number of nitrogens with two attached hydrogens (primary N) is 2. The molecular weight excluding hydrogens is 350 g/mol. The van der Waals surface area contributed by atoms with E-state index in [2.05, 4.69) is 15.6 Å². The number of nitrogens with one attached hydrogen (secondary N) is 3. The number of anilines is 2. The van der Waals surface area contributed by atoms with Crippen molar-refractivity contribution < 1.29 is 19.1 Å². The molecule has 2 aromatic carbocycles. The second-order valence-corrected chi connectivity index (χ2v) is 5.67. The average molecular weight is 367 g/mol. The summed E-state index contributed by atoms with van der Waals surface area (Å²) < 4.78 is 5.13. The second kappa shape index (κ2) is 7.08. The highest BCUT2D eigenvalue weighted by Crippen LogP contribution is 2.27. The highest BCUT2D eigenvalue weighted by Gasteiger charge is 2.18. The lowest BCUT2D eigenvalue weighted by molar-refractivity contribution is 0.1000. The number of carbonyl (C=O) groups is 3. The van der Waals surface area contributed by atoms with Crippen LogP contribution in [0.3, 0.4) is 0 Å². The Morgan fingerprint density at radius 3 is 2.48 bits per heavy atom. The number of hydrogen-bond acceptors (Lipinski definition) is 4. The van der Waals surface area contributed by atoms with Crippen molar-refractivity contribution in [1.82, 2.24) is 4.98 Å². The van der Waals surface area contributed by atoms with Gasteiger partial charge in [-0.2, -0.15) is 0 Å². The van der Waals surface area contributed by atoms with Crippen molar-refractivity contribution in [2.45, 2.75) is 0 Å². The van der Waals surface area contributed by atoms with Crippen LogP contribution in [-0.4, -0.2) is 29.9 Å². The van der Waals surface area contributed by atoms with E-state index in [-0.39, 0.29) is 17.3 Å². The number of aromatic amines is 1. The highest BCUT2D eigenvalue weighted by molar-refractivity contribution is 6.14. The van der Waals surface area contributed by atoms with Gasteiger partial charge in [0.25, 0.3) is 11.8 Å². The molecule has 0 fully saturated rings. The smallest absolute Gasteiger partial charge is 0.317 e. The zero-order valence-electron chi connectivity index (χ0n) is 14.3. The minimum Gasteiger partial charge on any atom is -0.497 e. The molecule has 0 saturated carbocycles. The largest absolute Gasteiger partial charge is 0.497 e. The van der Waals surface area contributed by atoms with E-state index in [1.54, 1.807) is 42.5 Å². The average Bonchev–Trinajstić information content (AvgIpc) is 2.98. The molecule has 9 heteroatoms. The maximum Gasteiger partial charge on any atom is 0.317 e. The minimum atomic E-state index is -0.847. The molecular formula is C18H17N5O4. The number of rotatable bonds is 5. The summed E-state index contributed by atoms with van der Waals surface area (Å²) in [7, 11) is 1.54. The number of fused-ring (bicyclic) bond motifs is 1. The van der Waals surface area contributed by atoms with E-state index in [1.165, 1.54) is 7.11 Å². The molecule has 4 amide bonds. The van der Waals surface area contributed by atoms with Crippen LogP contribution in [0, 0.1) is 0 Å². The second-order valence-electron chi connectivity index (χ2n) is 5.67. The number of methoxy groups -OCH3 is 1. The van der Waals surface area contributed by atoms with Crippen molar-refractivity contribution in [2.24, 2.45) is 11.5 Å². The fourth-order valence-electron chi connectivity index (χ4n) is 2.72. The number of H-pyrrole nitrogens is 1. The van der Waals surface area contributed by atoms with E-state index in [0.717, 1.165) is 0 Å². The molecule has 27 heavy (non-hydrogen) atoms. The van der Waals surface area contributed by atoms with Crippen LogP contribution in [0.15, 0.2) is 42.5 Å². The lowest BCUT2D eigenvalue weighted by atomic mass is 10.1. The first kappa shape index (κ1) is 17.8. The Labute approximate surface area is 153 Å². The lowest BCUT2D eigenvalue weighted by Gasteiger charge is -2.07. The number of amides is 4. The van der Waals surface area contributed by atoms with Crippen molar-refractivity contribution in [3.8, 4) is 5.75 Å². The summed E-state index contributed by atoms with van der Waals surface area (Å²) in [5.74, 6) is -0.403. The standard InChI is InChI=1S/C18H17N5O4/c1-27-11-4-2-3-10(8-11)21-17(25)9-5-6-12-13(7-9)22-16(23-18(20)26)14(12)15(19)24/h2-8,22H,1H3,(H2,19,24)(H,21,25)(H3,20,23,26). The number of hydrogen-bond donors (Lipinski definition) is 5. The number of benzene rings is 2. The fourth-order valence-corrected chi connectivity index (χ4v) is 2.72. The van der Waals surface area contributed by atoms with Crippen LogP contribution in [0.2, 0.25) is 0 Å². The quantitative estimate of drug-likeness (QED) is 0.468. The number of aromatic nitrogens is 1. The molecule has 0 unspecified atom stereocenters. The van der Waals surface area contributed by atoms with Gasteiger partial charge in [0, 0.05) is 28.2 Å². The fraction of sp³-hybridized carbons (Fsp3) is 0.0556. The van der Waals surface area contributed by atoms with Gasteiger partial charge in [-0.05, 0) is 24.3 Å². The zero-order chi connectivity index (χ0) is 19.6. The van der Waals surface area contributed by atoms with Crippen LogP contribution in [0.1, 0.15) is 20.7 Å². The third kappa shape index (κ3) is 3.66. The van der Waals surface area contributed by atoms with E-state index >= 15 is 0 Å². The first-order chi connectivity index (χ1) is 12.9. The van der Waals surface area contributed by atoms with Gasteiger partial charge in [-0.3, -0.25) is 14.9 Å². The lowest BCUT2D eigenvalue weighted by Crippen LogP contribution is -2.22. The van der Waals surface area contributed by atoms with Gasteiger partial charge in [0.15, 0.2) is 0 Å². The van der Waals surface area contributed by atoms with E-state index in [4.69, 9.17) is 16.2 Å². The van der Waals surface area contributed by atoms with E-state index < -0.39 is 11.9 Å². The van der Waals surface area contributed by atoms with E-state index in [9.17, 15) is 14.4 Å². The molecule has 1 aromatic heterocycles. The first-order valence-corrected chi connectivity index (χ1v) is 7.86. The summed E-state index contributed by atoms with van der Waals surface area (Å²) in [6.07, 6.45) is 0. The van der Waals surface area contributed by atoms with Crippen molar-refractivity contribution >= 4 is 40.3 Å². The molecule has 0 spiro atoms. The maximum absolute atomic E-state index is 12.5. The maximum atomic E-state index is 12.5. The monoisotopic (exact) mass is 367 g/mol. The molecule has 138 valence electrons. The Kier molecular flexibility index (Phi) is 4.67.